The molecule has 0 aromatic heterocycles. The molecular weight excluding hydrogens is 176 g/mol. The molecule has 62 valence electrons. The summed E-state index contributed by atoms with van der Waals surface area (Å²) in [4.78, 5) is 0. The van der Waals surface area contributed by atoms with Crippen LogP contribution in [-0.4, -0.2) is 10.7 Å². The molecule has 0 nitrogen and oxygen atoms in total. The Kier molecular flexibility index (Phi) is 1.41. The van der Waals surface area contributed by atoms with E-state index >= 15 is 0 Å². The highest BCUT2D eigenvalue weighted by Crippen LogP contribution is 2.05. The summed E-state index contributed by atoms with van der Waals surface area (Å²) in [6.45, 7) is 0. The van der Waals surface area contributed by atoms with Crippen LogP contribution in [0.25, 0.3) is 18.2 Å². The van der Waals surface area contributed by atoms with Crippen molar-refractivity contribution in [3.63, 3.8) is 0 Å². The smallest absolute Gasteiger partial charge is 0.000595 e. The number of hydrogen-bond donors (Lipinski definition) is 0. The first-order valence-electron chi connectivity index (χ1n) is 4.29. The lowest BCUT2D eigenvalue weighted by Gasteiger charge is -2.02. The molecule has 0 radical (unpaired) electrons. The minimum Gasteiger partial charge on any atom is -0.152 e. The fourth-order valence-corrected chi connectivity index (χ4v) is 2.45. The second-order valence-corrected chi connectivity index (χ2v) is 3.93. The number of rotatable bonds is 0. The maximum absolute atomic E-state index is 2.22. The predicted molar refractivity (Wildman–Crippen MR) is 62.5 cm³/mol. The van der Waals surface area contributed by atoms with Crippen molar-refractivity contribution in [2.45, 2.75) is 0 Å². The largest absolute Gasteiger partial charge is 0.152 e. The Morgan fingerprint density at radius 2 is 1.77 bits per heavy atom. The molecule has 0 unspecified atom stereocenters. The zero-order valence-electron chi connectivity index (χ0n) is 7.03. The van der Waals surface area contributed by atoms with Crippen LogP contribution in [-0.2, 0) is 0 Å². The fraction of sp³-hybridized carbons (Fsp3) is 0. The van der Waals surface area contributed by atoms with Gasteiger partial charge in [-0.15, -0.1) is 0 Å². The van der Waals surface area contributed by atoms with Gasteiger partial charge >= 0.3 is 0 Å². The Bertz CT molecular complexity index is 582. The van der Waals surface area contributed by atoms with E-state index in [-0.39, 0.29) is 0 Å². The summed E-state index contributed by atoms with van der Waals surface area (Å²) < 4.78 is 0. The number of fused-ring (bicyclic) bond motifs is 3. The molecule has 0 saturated carbocycles. The summed E-state index contributed by atoms with van der Waals surface area (Å²) in [6.07, 6.45) is 8.63. The van der Waals surface area contributed by atoms with Gasteiger partial charge in [0.2, 0.25) is 0 Å². The van der Waals surface area contributed by atoms with Crippen LogP contribution in [0.2, 0.25) is 0 Å². The van der Waals surface area contributed by atoms with Crippen LogP contribution < -0.4 is 10.4 Å². The third-order valence-electron chi connectivity index (χ3n) is 2.41. The van der Waals surface area contributed by atoms with Crippen LogP contribution in [0.4, 0.5) is 0 Å². The molecule has 1 aromatic carbocycles. The Labute approximate surface area is 80.1 Å². The molecule has 0 amide bonds. The highest BCUT2D eigenvalue weighted by atomic mass is 32.1. The lowest BCUT2D eigenvalue weighted by atomic mass is 10.1. The van der Waals surface area contributed by atoms with E-state index in [2.05, 4.69) is 47.2 Å². The van der Waals surface area contributed by atoms with E-state index in [1.807, 2.05) is 0 Å². The first kappa shape index (κ1) is 7.10. The molecule has 0 spiro atoms. The molecule has 1 heterocycles. The van der Waals surface area contributed by atoms with Crippen molar-refractivity contribution in [3.05, 3.63) is 39.8 Å². The molecule has 1 aliphatic heterocycles. The number of allylic oxidation sites excluding steroid dienone is 1. The normalized spacial score (nSPS) is 15.4. The SMILES string of the molecule is C1=Cc2c3c(ccc2=C1)=CC=S=C3. The molecule has 0 N–H and O–H groups in total. The van der Waals surface area contributed by atoms with Gasteiger partial charge in [-0.05, 0) is 38.4 Å². The molecular formula is C12H8S. The summed E-state index contributed by atoms with van der Waals surface area (Å²) in [6, 6.07) is 4.37. The highest BCUT2D eigenvalue weighted by Gasteiger charge is 2.03. The quantitative estimate of drug-likeness (QED) is 0.527. The van der Waals surface area contributed by atoms with E-state index in [1.54, 1.807) is 10.9 Å². The van der Waals surface area contributed by atoms with Crippen LogP contribution in [0.15, 0.2) is 18.2 Å². The zero-order chi connectivity index (χ0) is 8.67. The Morgan fingerprint density at radius 3 is 2.69 bits per heavy atom. The number of benzene rings is 1. The van der Waals surface area contributed by atoms with Crippen molar-refractivity contribution >= 4 is 39.9 Å². The molecule has 2 aliphatic rings. The minimum absolute atomic E-state index is 1.33. The lowest BCUT2D eigenvalue weighted by molar-refractivity contribution is 1.51. The molecule has 1 heteroatoms. The van der Waals surface area contributed by atoms with E-state index < -0.39 is 0 Å². The maximum Gasteiger partial charge on any atom is -0.000595 e. The van der Waals surface area contributed by atoms with Crippen LogP contribution in [0.1, 0.15) is 11.1 Å². The van der Waals surface area contributed by atoms with E-state index in [4.69, 9.17) is 0 Å². The van der Waals surface area contributed by atoms with Crippen molar-refractivity contribution in [2.75, 3.05) is 0 Å². The molecule has 0 bridgehead atoms. The lowest BCUT2D eigenvalue weighted by Crippen LogP contribution is -2.18. The molecule has 0 saturated heterocycles. The Hall–Kier alpha value is -1.34. The predicted octanol–water partition coefficient (Wildman–Crippen LogP) is 0.974. The standard InChI is InChI=1S/C12H8S/c1-2-9-4-5-10-6-7-13-8-12(10)11(9)3-1/h1-8H. The van der Waals surface area contributed by atoms with Crippen LogP contribution >= 0.6 is 10.9 Å². The maximum atomic E-state index is 2.22. The van der Waals surface area contributed by atoms with Gasteiger partial charge in [0.05, 0.1) is 0 Å². The van der Waals surface area contributed by atoms with E-state index in [9.17, 15) is 0 Å². The summed E-state index contributed by atoms with van der Waals surface area (Å²) in [5, 5.41) is 7.01. The van der Waals surface area contributed by atoms with Gasteiger partial charge in [-0.3, -0.25) is 0 Å². The van der Waals surface area contributed by atoms with E-state index in [0.717, 1.165) is 0 Å². The summed E-state index contributed by atoms with van der Waals surface area (Å²) >= 11 is 0. The van der Waals surface area contributed by atoms with E-state index in [0.29, 0.717) is 0 Å². The first-order valence-corrected chi connectivity index (χ1v) is 5.23. The highest BCUT2D eigenvalue weighted by molar-refractivity contribution is 7.96. The van der Waals surface area contributed by atoms with Gasteiger partial charge in [-0.25, -0.2) is 0 Å². The molecule has 0 fully saturated rings. The molecule has 0 atom stereocenters. The Morgan fingerprint density at radius 1 is 0.923 bits per heavy atom. The third-order valence-corrected chi connectivity index (χ3v) is 3.07. The number of hydrogen-bond acceptors (Lipinski definition) is 0. The topological polar surface area (TPSA) is 0 Å². The molecule has 3 rings (SSSR count). The van der Waals surface area contributed by atoms with Gasteiger partial charge in [0, 0.05) is 0 Å². The van der Waals surface area contributed by atoms with Gasteiger partial charge in [0.15, 0.2) is 0 Å². The van der Waals surface area contributed by atoms with Crippen molar-refractivity contribution in [3.8, 4) is 0 Å². The van der Waals surface area contributed by atoms with E-state index in [1.165, 1.54) is 21.6 Å². The summed E-state index contributed by atoms with van der Waals surface area (Å²) in [5.74, 6) is 0. The van der Waals surface area contributed by atoms with Crippen molar-refractivity contribution < 1.29 is 0 Å². The summed E-state index contributed by atoms with van der Waals surface area (Å²) in [5.41, 5.74) is 2.74. The first-order chi connectivity index (χ1) is 6.45. The monoisotopic (exact) mass is 184 g/mol. The second kappa shape index (κ2) is 2.57. The van der Waals surface area contributed by atoms with Crippen LogP contribution in [0.5, 0.6) is 0 Å². The Balaban J connectivity index is 2.54. The zero-order valence-corrected chi connectivity index (χ0v) is 7.84. The third kappa shape index (κ3) is 0.973. The summed E-state index contributed by atoms with van der Waals surface area (Å²) in [7, 11) is 1.75. The average Bonchev–Trinajstić information content (AvgIpc) is 2.65. The molecule has 1 aliphatic carbocycles. The van der Waals surface area contributed by atoms with Crippen molar-refractivity contribution in [1.82, 2.24) is 0 Å². The van der Waals surface area contributed by atoms with Gasteiger partial charge in [0.1, 0.15) is 0 Å². The van der Waals surface area contributed by atoms with Crippen molar-refractivity contribution in [2.24, 2.45) is 0 Å². The molecule has 1 aromatic rings. The van der Waals surface area contributed by atoms with Gasteiger partial charge in [-0.1, -0.05) is 30.4 Å². The van der Waals surface area contributed by atoms with Crippen LogP contribution in [0.3, 0.4) is 0 Å². The second-order valence-electron chi connectivity index (χ2n) is 3.15. The fourth-order valence-electron chi connectivity index (χ4n) is 1.75. The molecule has 13 heavy (non-hydrogen) atoms. The van der Waals surface area contributed by atoms with Gasteiger partial charge in [-0.2, -0.15) is 10.9 Å². The van der Waals surface area contributed by atoms with Gasteiger partial charge in [0.25, 0.3) is 0 Å². The van der Waals surface area contributed by atoms with Gasteiger partial charge < -0.3 is 0 Å². The van der Waals surface area contributed by atoms with Crippen molar-refractivity contribution in [1.29, 1.82) is 0 Å². The minimum atomic E-state index is 1.33. The average molecular weight is 184 g/mol. The van der Waals surface area contributed by atoms with Crippen LogP contribution in [0, 0.1) is 0 Å².